The number of hydrogen-bond donors (Lipinski definition) is 2. The van der Waals surface area contributed by atoms with Gasteiger partial charge in [0.15, 0.2) is 0 Å². The highest BCUT2D eigenvalue weighted by Crippen LogP contribution is 2.29. The zero-order chi connectivity index (χ0) is 26.7. The lowest BCUT2D eigenvalue weighted by atomic mass is 9.94. The number of carbonyl (C=O) groups is 2. The van der Waals surface area contributed by atoms with Crippen LogP contribution in [0.25, 0.3) is 0 Å². The van der Waals surface area contributed by atoms with Crippen LogP contribution in [0.3, 0.4) is 0 Å². The predicted molar refractivity (Wildman–Crippen MR) is 150 cm³/mol. The molecule has 2 fully saturated rings. The highest BCUT2D eigenvalue weighted by molar-refractivity contribution is 7.15. The first-order chi connectivity index (χ1) is 18.3. The van der Waals surface area contributed by atoms with Crippen molar-refractivity contribution in [3.05, 3.63) is 69.7 Å². The van der Waals surface area contributed by atoms with Crippen LogP contribution >= 0.6 is 22.9 Å². The van der Waals surface area contributed by atoms with E-state index in [9.17, 15) is 9.59 Å². The molecule has 3 aromatic rings. The van der Waals surface area contributed by atoms with Crippen molar-refractivity contribution in [3.8, 4) is 0 Å². The van der Waals surface area contributed by atoms with Crippen LogP contribution in [0, 0.1) is 5.92 Å². The molecule has 2 aromatic carbocycles. The van der Waals surface area contributed by atoms with Crippen molar-refractivity contribution in [1.29, 1.82) is 0 Å². The Morgan fingerprint density at radius 1 is 1.16 bits per heavy atom. The minimum Gasteiger partial charge on any atom is -0.369 e. The van der Waals surface area contributed by atoms with Crippen LogP contribution in [-0.2, 0) is 33.6 Å². The molecule has 0 radical (unpaired) electrons. The largest absolute Gasteiger partial charge is 0.369 e. The lowest BCUT2D eigenvalue weighted by Crippen LogP contribution is -2.52. The van der Waals surface area contributed by atoms with Gasteiger partial charge in [-0.15, -0.1) is 10.2 Å². The van der Waals surface area contributed by atoms with Crippen molar-refractivity contribution >= 4 is 45.6 Å². The SMILES string of the molecule is C[C@@H]1CNC[C@](C)(Cc2ccc(N3CC(C(=O)Nc4nnc(CCc5ccc(Cl)cc5)s4)CC3=O)cc2)O1. The van der Waals surface area contributed by atoms with Gasteiger partial charge in [0.1, 0.15) is 5.01 Å². The van der Waals surface area contributed by atoms with Gasteiger partial charge in [0.2, 0.25) is 16.9 Å². The Morgan fingerprint density at radius 3 is 2.63 bits per heavy atom. The molecule has 2 N–H and O–H groups in total. The third-order valence-corrected chi connectivity index (χ3v) is 8.13. The molecule has 3 heterocycles. The third-order valence-electron chi connectivity index (χ3n) is 6.98. The Morgan fingerprint density at radius 2 is 1.89 bits per heavy atom. The van der Waals surface area contributed by atoms with Crippen LogP contribution < -0.4 is 15.5 Å². The number of anilines is 2. The minimum atomic E-state index is -0.439. The molecular weight excluding hydrogens is 522 g/mol. The van der Waals surface area contributed by atoms with E-state index >= 15 is 0 Å². The summed E-state index contributed by atoms with van der Waals surface area (Å²) in [5, 5.41) is 16.6. The smallest absolute Gasteiger partial charge is 0.231 e. The molecule has 2 amide bonds. The van der Waals surface area contributed by atoms with Crippen LogP contribution in [0.4, 0.5) is 10.8 Å². The number of aryl methyl sites for hydroxylation is 2. The molecular formula is C28H32ClN5O3S. The molecule has 8 nitrogen and oxygen atoms in total. The van der Waals surface area contributed by atoms with Gasteiger partial charge in [0, 0.05) is 49.6 Å². The average molecular weight is 554 g/mol. The number of nitrogens with zero attached hydrogens (tertiary/aromatic N) is 3. The number of nitrogens with one attached hydrogen (secondary N) is 2. The molecule has 0 spiro atoms. The van der Waals surface area contributed by atoms with Gasteiger partial charge in [-0.2, -0.15) is 0 Å². The zero-order valence-electron chi connectivity index (χ0n) is 21.6. The Labute approximate surface area is 231 Å². The fourth-order valence-electron chi connectivity index (χ4n) is 5.09. The van der Waals surface area contributed by atoms with Crippen LogP contribution in [0.1, 0.15) is 36.4 Å². The lowest BCUT2D eigenvalue weighted by Gasteiger charge is -2.38. The van der Waals surface area contributed by atoms with Gasteiger partial charge in [-0.3, -0.25) is 9.59 Å². The van der Waals surface area contributed by atoms with Crippen LogP contribution in [0.15, 0.2) is 48.5 Å². The first kappa shape index (κ1) is 26.7. The fraction of sp³-hybridized carbons (Fsp3) is 0.429. The van der Waals surface area contributed by atoms with Crippen molar-refractivity contribution in [2.24, 2.45) is 5.92 Å². The van der Waals surface area contributed by atoms with E-state index in [2.05, 4.69) is 34.7 Å². The maximum atomic E-state index is 12.9. The van der Waals surface area contributed by atoms with Crippen molar-refractivity contribution in [3.63, 3.8) is 0 Å². The molecule has 3 atom stereocenters. The van der Waals surface area contributed by atoms with E-state index in [1.807, 2.05) is 48.5 Å². The standard InChI is InChI=1S/C28H32ClN5O3S/c1-18-15-30-17-28(2,37-18)14-20-5-10-23(11-6-20)34-16-21(13-25(34)35)26(36)31-27-33-32-24(38-27)12-7-19-3-8-22(29)9-4-19/h3-6,8-11,18,21,30H,7,12-17H2,1-2H3,(H,31,33,36)/t18-,21?,28+/m1/s1. The summed E-state index contributed by atoms with van der Waals surface area (Å²) in [5.74, 6) is -0.702. The molecule has 38 heavy (non-hydrogen) atoms. The number of benzene rings is 2. The fourth-order valence-corrected chi connectivity index (χ4v) is 5.95. The van der Waals surface area contributed by atoms with Crippen molar-refractivity contribution in [2.75, 3.05) is 29.9 Å². The zero-order valence-corrected chi connectivity index (χ0v) is 23.1. The number of morpholine rings is 1. The number of rotatable bonds is 8. The minimum absolute atomic E-state index is 0.0561. The van der Waals surface area contributed by atoms with E-state index in [1.54, 1.807) is 4.90 Å². The number of hydrogen-bond acceptors (Lipinski definition) is 7. The summed E-state index contributed by atoms with van der Waals surface area (Å²) in [6, 6.07) is 15.7. The van der Waals surface area contributed by atoms with Crippen molar-refractivity contribution < 1.29 is 14.3 Å². The summed E-state index contributed by atoms with van der Waals surface area (Å²) >= 11 is 7.31. The third kappa shape index (κ3) is 6.58. The highest BCUT2D eigenvalue weighted by atomic mass is 35.5. The van der Waals surface area contributed by atoms with Gasteiger partial charge in [-0.05, 0) is 55.7 Å². The molecule has 2 saturated heterocycles. The number of aromatic nitrogens is 2. The molecule has 200 valence electrons. The van der Waals surface area contributed by atoms with Gasteiger partial charge in [-0.1, -0.05) is 47.2 Å². The number of amides is 2. The lowest BCUT2D eigenvalue weighted by molar-refractivity contribution is -0.122. The van der Waals surface area contributed by atoms with Gasteiger partial charge in [0.05, 0.1) is 17.6 Å². The Hall–Kier alpha value is -2.85. The summed E-state index contributed by atoms with van der Waals surface area (Å²) in [7, 11) is 0. The first-order valence-corrected chi connectivity index (χ1v) is 14.1. The second-order valence-corrected chi connectivity index (χ2v) is 11.9. The topological polar surface area (TPSA) is 96.5 Å². The molecule has 0 aliphatic carbocycles. The van der Waals surface area contributed by atoms with Crippen molar-refractivity contribution in [1.82, 2.24) is 15.5 Å². The van der Waals surface area contributed by atoms with E-state index in [1.165, 1.54) is 11.3 Å². The normalized spacial score (nSPS) is 23.6. The molecule has 2 aliphatic rings. The molecule has 0 saturated carbocycles. The predicted octanol–water partition coefficient (Wildman–Crippen LogP) is 4.28. The summed E-state index contributed by atoms with van der Waals surface area (Å²) in [4.78, 5) is 27.4. The number of ether oxygens (including phenoxy) is 1. The summed E-state index contributed by atoms with van der Waals surface area (Å²) in [6.45, 7) is 6.21. The van der Waals surface area contributed by atoms with Gasteiger partial charge >= 0.3 is 0 Å². The maximum absolute atomic E-state index is 12.9. The van der Waals surface area contributed by atoms with Crippen LogP contribution in [0.5, 0.6) is 0 Å². The average Bonchev–Trinajstić information content (AvgIpc) is 3.50. The summed E-state index contributed by atoms with van der Waals surface area (Å²) < 4.78 is 6.17. The van der Waals surface area contributed by atoms with E-state index < -0.39 is 5.92 Å². The van der Waals surface area contributed by atoms with E-state index in [0.717, 1.165) is 54.2 Å². The molecule has 1 aromatic heterocycles. The maximum Gasteiger partial charge on any atom is 0.231 e. The van der Waals surface area contributed by atoms with Gasteiger partial charge < -0.3 is 20.3 Å². The molecule has 2 aliphatic heterocycles. The summed E-state index contributed by atoms with van der Waals surface area (Å²) in [5.41, 5.74) is 2.86. The first-order valence-electron chi connectivity index (χ1n) is 12.9. The Bertz CT molecular complexity index is 1280. The van der Waals surface area contributed by atoms with E-state index in [-0.39, 0.29) is 29.9 Å². The van der Waals surface area contributed by atoms with Crippen molar-refractivity contribution in [2.45, 2.75) is 51.2 Å². The van der Waals surface area contributed by atoms with Crippen LogP contribution in [0.2, 0.25) is 5.02 Å². The second-order valence-electron chi connectivity index (χ2n) is 10.4. The molecule has 1 unspecified atom stereocenters. The van der Waals surface area contributed by atoms with Crippen LogP contribution in [-0.4, -0.2) is 53.4 Å². The summed E-state index contributed by atoms with van der Waals surface area (Å²) in [6.07, 6.45) is 2.67. The molecule has 10 heteroatoms. The quantitative estimate of drug-likeness (QED) is 0.432. The molecule has 5 rings (SSSR count). The monoisotopic (exact) mass is 553 g/mol. The van der Waals surface area contributed by atoms with E-state index in [4.69, 9.17) is 16.3 Å². The second kappa shape index (κ2) is 11.5. The van der Waals surface area contributed by atoms with E-state index in [0.29, 0.717) is 16.7 Å². The number of carbonyl (C=O) groups excluding carboxylic acids is 2. The Balaban J connectivity index is 1.13. The number of halogens is 1. The van der Waals surface area contributed by atoms with Gasteiger partial charge in [0.25, 0.3) is 0 Å². The highest BCUT2D eigenvalue weighted by Gasteiger charge is 2.36. The molecule has 0 bridgehead atoms. The van der Waals surface area contributed by atoms with Gasteiger partial charge in [-0.25, -0.2) is 0 Å². The Kier molecular flexibility index (Phi) is 8.09.